The van der Waals surface area contributed by atoms with Gasteiger partial charge in [-0.15, -0.1) is 0 Å². The van der Waals surface area contributed by atoms with E-state index in [4.69, 9.17) is 9.47 Å². The van der Waals surface area contributed by atoms with Crippen LogP contribution in [0.25, 0.3) is 0 Å². The molecule has 5 heteroatoms. The number of alkyl halides is 1. The molecule has 0 unspecified atom stereocenters. The van der Waals surface area contributed by atoms with Gasteiger partial charge in [-0.2, -0.15) is 0 Å². The maximum atomic E-state index is 12.4. The van der Waals surface area contributed by atoms with Gasteiger partial charge in [0.2, 0.25) is 0 Å². The fourth-order valence-electron chi connectivity index (χ4n) is 2.45. The van der Waals surface area contributed by atoms with E-state index >= 15 is 0 Å². The molecule has 1 aromatic rings. The van der Waals surface area contributed by atoms with Gasteiger partial charge in [0.1, 0.15) is 18.9 Å². The summed E-state index contributed by atoms with van der Waals surface area (Å²) in [7, 11) is 0. The van der Waals surface area contributed by atoms with Crippen molar-refractivity contribution in [3.05, 3.63) is 35.4 Å². The van der Waals surface area contributed by atoms with Gasteiger partial charge in [-0.1, -0.05) is 12.1 Å². The van der Waals surface area contributed by atoms with Crippen LogP contribution in [-0.4, -0.2) is 24.1 Å². The first-order valence-electron chi connectivity index (χ1n) is 7.11. The summed E-state index contributed by atoms with van der Waals surface area (Å²) in [5, 5.41) is 0. The van der Waals surface area contributed by atoms with E-state index in [1.165, 1.54) is 6.92 Å². The van der Waals surface area contributed by atoms with Gasteiger partial charge in [-0.05, 0) is 43.4 Å². The average Bonchev–Trinajstić information content (AvgIpc) is 2.49. The molecule has 1 aliphatic rings. The van der Waals surface area contributed by atoms with Crippen molar-refractivity contribution in [3.8, 4) is 0 Å². The topological polar surface area (TPSA) is 52.6 Å². The van der Waals surface area contributed by atoms with Crippen LogP contribution in [0.1, 0.15) is 48.5 Å². The highest BCUT2D eigenvalue weighted by Crippen LogP contribution is 2.24. The normalized spacial score (nSPS) is 21.6. The third kappa shape index (κ3) is 4.55. The van der Waals surface area contributed by atoms with Crippen molar-refractivity contribution in [2.45, 2.75) is 51.5 Å². The van der Waals surface area contributed by atoms with E-state index in [0.717, 1.165) is 0 Å². The summed E-state index contributed by atoms with van der Waals surface area (Å²) in [6.45, 7) is 0.850. The predicted molar refractivity (Wildman–Crippen MR) is 74.5 cm³/mol. The molecule has 0 radical (unpaired) electrons. The van der Waals surface area contributed by atoms with Crippen molar-refractivity contribution < 1.29 is 23.5 Å². The number of carbonyl (C=O) groups excluding carboxylic acids is 2. The molecule has 0 aliphatic heterocycles. The van der Waals surface area contributed by atoms with E-state index in [9.17, 15) is 14.0 Å². The summed E-state index contributed by atoms with van der Waals surface area (Å²) in [6, 6.07) is 6.30. The highest BCUT2D eigenvalue weighted by atomic mass is 19.1. The molecule has 0 spiro atoms. The summed E-state index contributed by atoms with van der Waals surface area (Å²) >= 11 is 0. The second kappa shape index (κ2) is 7.20. The molecule has 0 bridgehead atoms. The molecule has 0 N–H and O–H groups in total. The van der Waals surface area contributed by atoms with E-state index in [1.807, 2.05) is 0 Å². The van der Waals surface area contributed by atoms with Gasteiger partial charge in [0.25, 0.3) is 0 Å². The van der Waals surface area contributed by atoms with E-state index in [1.54, 1.807) is 24.3 Å². The van der Waals surface area contributed by atoms with Crippen molar-refractivity contribution in [2.24, 2.45) is 0 Å². The molecule has 0 saturated heterocycles. The number of ether oxygens (including phenoxy) is 2. The second-order valence-corrected chi connectivity index (χ2v) is 5.24. The first-order valence-corrected chi connectivity index (χ1v) is 7.11. The van der Waals surface area contributed by atoms with Gasteiger partial charge >= 0.3 is 11.9 Å². The second-order valence-electron chi connectivity index (χ2n) is 5.24. The maximum absolute atomic E-state index is 12.4. The minimum atomic E-state index is -0.546. The van der Waals surface area contributed by atoms with Gasteiger partial charge in [0, 0.05) is 6.92 Å². The third-order valence-corrected chi connectivity index (χ3v) is 3.57. The van der Waals surface area contributed by atoms with Crippen molar-refractivity contribution in [3.63, 3.8) is 0 Å². The van der Waals surface area contributed by atoms with Gasteiger partial charge in [-0.25, -0.2) is 9.18 Å². The number of benzene rings is 1. The van der Waals surface area contributed by atoms with Crippen LogP contribution in [-0.2, 0) is 20.9 Å². The minimum absolute atomic E-state index is 0.0683. The van der Waals surface area contributed by atoms with Gasteiger partial charge in [0.15, 0.2) is 0 Å². The summed E-state index contributed by atoms with van der Waals surface area (Å²) < 4.78 is 23.0. The van der Waals surface area contributed by atoms with E-state index in [0.29, 0.717) is 36.8 Å². The minimum Gasteiger partial charge on any atom is -0.463 e. The number of esters is 2. The molecular formula is C16H19FO4. The zero-order valence-corrected chi connectivity index (χ0v) is 12.0. The van der Waals surface area contributed by atoms with Crippen molar-refractivity contribution >= 4 is 11.9 Å². The molecule has 0 aromatic heterocycles. The zero-order valence-electron chi connectivity index (χ0n) is 12.0. The summed E-state index contributed by atoms with van der Waals surface area (Å²) in [4.78, 5) is 22.8. The van der Waals surface area contributed by atoms with Crippen LogP contribution >= 0.6 is 0 Å². The highest BCUT2D eigenvalue weighted by molar-refractivity contribution is 5.89. The fourth-order valence-corrected chi connectivity index (χ4v) is 2.45. The highest BCUT2D eigenvalue weighted by Gasteiger charge is 2.25. The van der Waals surface area contributed by atoms with E-state index in [2.05, 4.69) is 0 Å². The molecule has 114 valence electrons. The van der Waals surface area contributed by atoms with Crippen LogP contribution in [0.3, 0.4) is 0 Å². The van der Waals surface area contributed by atoms with Crippen molar-refractivity contribution in [2.75, 3.05) is 0 Å². The quantitative estimate of drug-likeness (QED) is 0.800. The number of hydrogen-bond donors (Lipinski definition) is 0. The molecular weight excluding hydrogens is 275 g/mol. The van der Waals surface area contributed by atoms with E-state index < -0.39 is 12.6 Å². The Balaban J connectivity index is 1.82. The molecule has 1 aliphatic carbocycles. The predicted octanol–water partition coefficient (Wildman–Crippen LogP) is 3.19. The Morgan fingerprint density at radius 3 is 2.05 bits per heavy atom. The smallest absolute Gasteiger partial charge is 0.338 e. The van der Waals surface area contributed by atoms with Crippen LogP contribution < -0.4 is 0 Å². The van der Waals surface area contributed by atoms with Crippen LogP contribution in [0.5, 0.6) is 0 Å². The molecule has 2 rings (SSSR count). The molecule has 1 saturated carbocycles. The lowest BCUT2D eigenvalue weighted by molar-refractivity contribution is -0.148. The van der Waals surface area contributed by atoms with Crippen molar-refractivity contribution in [1.82, 2.24) is 0 Å². The Morgan fingerprint density at radius 2 is 1.57 bits per heavy atom. The van der Waals surface area contributed by atoms with Crippen LogP contribution in [0, 0.1) is 0 Å². The van der Waals surface area contributed by atoms with Crippen molar-refractivity contribution in [1.29, 1.82) is 0 Å². The first-order chi connectivity index (χ1) is 10.1. The maximum Gasteiger partial charge on any atom is 0.338 e. The molecule has 4 nitrogen and oxygen atoms in total. The molecule has 0 heterocycles. The number of rotatable bonds is 4. The Morgan fingerprint density at radius 1 is 1.05 bits per heavy atom. The summed E-state index contributed by atoms with van der Waals surface area (Å²) in [6.07, 6.45) is 2.57. The lowest BCUT2D eigenvalue weighted by Gasteiger charge is -2.27. The lowest BCUT2D eigenvalue weighted by Crippen LogP contribution is -2.29. The monoisotopic (exact) mass is 294 g/mol. The van der Waals surface area contributed by atoms with Gasteiger partial charge in [-0.3, -0.25) is 4.79 Å². The van der Waals surface area contributed by atoms with Crippen LogP contribution in [0.15, 0.2) is 24.3 Å². The first kappa shape index (κ1) is 15.5. The number of carbonyl (C=O) groups is 2. The van der Waals surface area contributed by atoms with Crippen LogP contribution in [0.4, 0.5) is 4.39 Å². The Bertz CT molecular complexity index is 490. The Labute approximate surface area is 123 Å². The molecule has 0 amide bonds. The molecule has 0 atom stereocenters. The average molecular weight is 294 g/mol. The largest absolute Gasteiger partial charge is 0.463 e. The summed E-state index contributed by atoms with van der Waals surface area (Å²) in [5.41, 5.74) is 0.961. The third-order valence-electron chi connectivity index (χ3n) is 3.57. The van der Waals surface area contributed by atoms with Gasteiger partial charge < -0.3 is 9.47 Å². The standard InChI is InChI=1S/C16H19FO4/c1-11(18)20-14-6-8-15(9-7-14)21-16(19)13-4-2-12(10-17)3-5-13/h2-5,14-15H,6-10H2,1H3. The molecule has 1 fully saturated rings. The number of halogens is 1. The Hall–Kier alpha value is -1.91. The van der Waals surface area contributed by atoms with Crippen LogP contribution in [0.2, 0.25) is 0 Å². The molecule has 21 heavy (non-hydrogen) atoms. The fraction of sp³-hybridized carbons (Fsp3) is 0.500. The Kier molecular flexibility index (Phi) is 5.31. The number of hydrogen-bond acceptors (Lipinski definition) is 4. The summed E-state index contributed by atoms with van der Waals surface area (Å²) in [5.74, 6) is -0.667. The lowest BCUT2D eigenvalue weighted by atomic mass is 9.95. The SMILES string of the molecule is CC(=O)OC1CCC(OC(=O)c2ccc(CF)cc2)CC1. The van der Waals surface area contributed by atoms with E-state index in [-0.39, 0.29) is 18.2 Å². The zero-order chi connectivity index (χ0) is 15.2. The van der Waals surface area contributed by atoms with Gasteiger partial charge in [0.05, 0.1) is 5.56 Å². The molecule has 1 aromatic carbocycles.